The third-order valence-electron chi connectivity index (χ3n) is 4.21. The van der Waals surface area contributed by atoms with Crippen molar-refractivity contribution in [2.24, 2.45) is 0 Å². The van der Waals surface area contributed by atoms with Crippen molar-refractivity contribution in [1.82, 2.24) is 4.90 Å². The summed E-state index contributed by atoms with van der Waals surface area (Å²) in [4.78, 5) is 25.9. The first-order valence-electron chi connectivity index (χ1n) is 8.92. The highest BCUT2D eigenvalue weighted by atomic mass is 35.5. The Morgan fingerprint density at radius 1 is 1.20 bits per heavy atom. The first kappa shape index (κ1) is 22.1. The van der Waals surface area contributed by atoms with Gasteiger partial charge in [-0.05, 0) is 53.2 Å². The van der Waals surface area contributed by atoms with Crippen molar-refractivity contribution in [2.45, 2.75) is 6.61 Å². The Labute approximate surface area is 182 Å². The molecule has 3 rings (SSSR count). The zero-order valence-corrected chi connectivity index (χ0v) is 17.9. The summed E-state index contributed by atoms with van der Waals surface area (Å²) in [6.07, 6.45) is 1.57. The largest absolute Gasteiger partial charge is 0.493 e. The Kier molecular flexibility index (Phi) is 7.36. The molecule has 9 heteroatoms. The van der Waals surface area contributed by atoms with Gasteiger partial charge in [0.15, 0.2) is 11.5 Å². The first-order chi connectivity index (χ1) is 14.4. The molecule has 0 spiro atoms. The van der Waals surface area contributed by atoms with E-state index in [1.54, 1.807) is 30.3 Å². The van der Waals surface area contributed by atoms with Crippen molar-refractivity contribution in [3.05, 3.63) is 63.3 Å². The first-order valence-corrected chi connectivity index (χ1v) is 10.1. The van der Waals surface area contributed by atoms with Crippen molar-refractivity contribution < 1.29 is 28.2 Å². The number of carbonyl (C=O) groups excluding carboxylic acids is 2. The van der Waals surface area contributed by atoms with Gasteiger partial charge in [0.05, 0.1) is 30.2 Å². The van der Waals surface area contributed by atoms with E-state index in [1.165, 1.54) is 26.4 Å². The lowest BCUT2D eigenvalue weighted by Gasteiger charge is -2.14. The van der Waals surface area contributed by atoms with E-state index in [-0.39, 0.29) is 46.6 Å². The zero-order valence-electron chi connectivity index (χ0n) is 16.3. The van der Waals surface area contributed by atoms with E-state index in [2.05, 4.69) is 0 Å². The average Bonchev–Trinajstić information content (AvgIpc) is 2.98. The van der Waals surface area contributed by atoms with Crippen LogP contribution in [0.4, 0.5) is 9.18 Å². The quantitative estimate of drug-likeness (QED) is 0.540. The summed E-state index contributed by atoms with van der Waals surface area (Å²) in [6, 6.07) is 9.30. The molecule has 1 fully saturated rings. The van der Waals surface area contributed by atoms with Gasteiger partial charge in [0, 0.05) is 7.11 Å². The molecule has 30 heavy (non-hydrogen) atoms. The van der Waals surface area contributed by atoms with Crippen molar-refractivity contribution in [2.75, 3.05) is 27.4 Å². The van der Waals surface area contributed by atoms with Crippen molar-refractivity contribution in [3.63, 3.8) is 0 Å². The van der Waals surface area contributed by atoms with Crippen molar-refractivity contribution in [1.29, 1.82) is 0 Å². The van der Waals surface area contributed by atoms with Crippen LogP contribution in [0.1, 0.15) is 11.1 Å². The van der Waals surface area contributed by atoms with Gasteiger partial charge in [0.2, 0.25) is 0 Å². The molecule has 0 aromatic heterocycles. The van der Waals surface area contributed by atoms with E-state index in [1.807, 2.05) is 0 Å². The van der Waals surface area contributed by atoms with E-state index in [0.717, 1.165) is 16.7 Å². The fourth-order valence-corrected chi connectivity index (χ4v) is 3.91. The summed E-state index contributed by atoms with van der Waals surface area (Å²) in [7, 11) is 2.96. The minimum absolute atomic E-state index is 0.103. The highest BCUT2D eigenvalue weighted by Gasteiger charge is 2.34. The fourth-order valence-electron chi connectivity index (χ4n) is 2.77. The summed E-state index contributed by atoms with van der Waals surface area (Å²) in [5, 5.41) is -0.0907. The van der Waals surface area contributed by atoms with Gasteiger partial charge in [-0.1, -0.05) is 23.7 Å². The number of amides is 2. The second-order valence-electron chi connectivity index (χ2n) is 6.28. The van der Waals surface area contributed by atoms with Gasteiger partial charge in [-0.25, -0.2) is 4.39 Å². The SMILES string of the molecule is COCCN1C(=O)S/C(=C/c2cc(Cl)c(OCc3cccc(F)c3)c(OC)c2)C1=O. The fraction of sp³-hybridized carbons (Fsp3) is 0.238. The molecular formula is C21H19ClFNO5S. The summed E-state index contributed by atoms with van der Waals surface area (Å²) >= 11 is 7.22. The highest BCUT2D eigenvalue weighted by Crippen LogP contribution is 2.39. The second-order valence-corrected chi connectivity index (χ2v) is 7.68. The minimum Gasteiger partial charge on any atom is -0.493 e. The molecule has 2 amide bonds. The lowest BCUT2D eigenvalue weighted by molar-refractivity contribution is -0.123. The van der Waals surface area contributed by atoms with E-state index in [0.29, 0.717) is 22.6 Å². The van der Waals surface area contributed by atoms with Gasteiger partial charge < -0.3 is 14.2 Å². The van der Waals surface area contributed by atoms with Gasteiger partial charge in [-0.2, -0.15) is 0 Å². The molecule has 2 aromatic rings. The van der Waals surface area contributed by atoms with Gasteiger partial charge in [-0.3, -0.25) is 14.5 Å². The molecule has 1 aliphatic heterocycles. The normalized spacial score (nSPS) is 15.2. The summed E-state index contributed by atoms with van der Waals surface area (Å²) in [5.41, 5.74) is 1.22. The Bertz CT molecular complexity index is 997. The Hall–Kier alpha value is -2.55. The van der Waals surface area contributed by atoms with E-state index < -0.39 is 0 Å². The molecule has 6 nitrogen and oxygen atoms in total. The number of methoxy groups -OCH3 is 2. The van der Waals surface area contributed by atoms with Crippen LogP contribution in [-0.2, 0) is 16.1 Å². The van der Waals surface area contributed by atoms with Crippen LogP contribution in [0.5, 0.6) is 11.5 Å². The summed E-state index contributed by atoms with van der Waals surface area (Å²) in [5.74, 6) is -0.0925. The molecule has 2 aromatic carbocycles. The molecule has 0 N–H and O–H groups in total. The highest BCUT2D eigenvalue weighted by molar-refractivity contribution is 8.18. The third-order valence-corrected chi connectivity index (χ3v) is 5.40. The number of hydrogen-bond acceptors (Lipinski definition) is 6. The molecule has 1 saturated heterocycles. The number of imide groups is 1. The standard InChI is InChI=1S/C21H19ClFNO5S/c1-27-7-6-24-20(25)18(30-21(24)26)11-14-9-16(22)19(17(10-14)28-2)29-12-13-4-3-5-15(23)8-13/h3-5,8-11H,6-7,12H2,1-2H3/b18-11+. The number of ether oxygens (including phenoxy) is 3. The predicted molar refractivity (Wildman–Crippen MR) is 113 cm³/mol. The van der Waals surface area contributed by atoms with Crippen molar-refractivity contribution in [3.8, 4) is 11.5 Å². The lowest BCUT2D eigenvalue weighted by atomic mass is 10.1. The average molecular weight is 452 g/mol. The van der Waals surface area contributed by atoms with Gasteiger partial charge in [0.25, 0.3) is 11.1 Å². The molecular weight excluding hydrogens is 433 g/mol. The van der Waals surface area contributed by atoms with Crippen molar-refractivity contribution >= 4 is 40.6 Å². The molecule has 158 valence electrons. The third kappa shape index (κ3) is 5.13. The van der Waals surface area contributed by atoms with Gasteiger partial charge >= 0.3 is 0 Å². The van der Waals surface area contributed by atoms with Crippen LogP contribution in [0.3, 0.4) is 0 Å². The Morgan fingerprint density at radius 2 is 2.00 bits per heavy atom. The Morgan fingerprint density at radius 3 is 2.70 bits per heavy atom. The van der Waals surface area contributed by atoms with Crippen LogP contribution in [0.25, 0.3) is 6.08 Å². The molecule has 1 heterocycles. The smallest absolute Gasteiger partial charge is 0.293 e. The predicted octanol–water partition coefficient (Wildman–Crippen LogP) is 4.75. The van der Waals surface area contributed by atoms with Crippen LogP contribution < -0.4 is 9.47 Å². The van der Waals surface area contributed by atoms with Crippen LogP contribution in [-0.4, -0.2) is 43.4 Å². The Balaban J connectivity index is 1.81. The minimum atomic E-state index is -0.386. The van der Waals surface area contributed by atoms with Gasteiger partial charge in [0.1, 0.15) is 12.4 Å². The van der Waals surface area contributed by atoms with Gasteiger partial charge in [-0.15, -0.1) is 0 Å². The topological polar surface area (TPSA) is 65.1 Å². The number of halogens is 2. The van der Waals surface area contributed by atoms with E-state index >= 15 is 0 Å². The van der Waals surface area contributed by atoms with E-state index in [4.69, 9.17) is 25.8 Å². The maximum absolute atomic E-state index is 13.3. The molecule has 0 unspecified atom stereocenters. The summed E-state index contributed by atoms with van der Waals surface area (Å²) < 4.78 is 29.4. The number of thioether (sulfide) groups is 1. The number of hydrogen-bond donors (Lipinski definition) is 0. The molecule has 0 aliphatic carbocycles. The number of carbonyl (C=O) groups is 2. The molecule has 0 saturated carbocycles. The van der Waals surface area contributed by atoms with Crippen LogP contribution >= 0.6 is 23.4 Å². The molecule has 1 aliphatic rings. The maximum Gasteiger partial charge on any atom is 0.293 e. The maximum atomic E-state index is 13.3. The zero-order chi connectivity index (χ0) is 21.7. The summed E-state index contributed by atoms with van der Waals surface area (Å²) in [6.45, 7) is 0.559. The lowest BCUT2D eigenvalue weighted by Crippen LogP contribution is -2.31. The number of benzene rings is 2. The molecule has 0 radical (unpaired) electrons. The van der Waals surface area contributed by atoms with Crippen LogP contribution in [0.15, 0.2) is 41.3 Å². The van der Waals surface area contributed by atoms with Crippen LogP contribution in [0, 0.1) is 5.82 Å². The second kappa shape index (κ2) is 9.97. The number of nitrogens with zero attached hydrogens (tertiary/aromatic N) is 1. The molecule has 0 bridgehead atoms. The number of rotatable bonds is 8. The van der Waals surface area contributed by atoms with E-state index in [9.17, 15) is 14.0 Å². The van der Waals surface area contributed by atoms with Crippen LogP contribution in [0.2, 0.25) is 5.02 Å². The monoisotopic (exact) mass is 451 g/mol. The molecule has 0 atom stereocenters.